The highest BCUT2D eigenvalue weighted by Gasteiger charge is 2.41. The highest BCUT2D eigenvalue weighted by atomic mass is 16.5. The molecule has 38 heavy (non-hydrogen) atoms. The van der Waals surface area contributed by atoms with Crippen molar-refractivity contribution in [2.24, 2.45) is 5.73 Å². The lowest BCUT2D eigenvalue weighted by Gasteiger charge is -2.14. The fourth-order valence-electron chi connectivity index (χ4n) is 5.33. The maximum Gasteiger partial charge on any atom is 0.300 e. The van der Waals surface area contributed by atoms with Crippen molar-refractivity contribution in [2.45, 2.75) is 38.6 Å². The standard InChI is InChI=1S/C26H24N4O4.C2H4O2/c1-12-20(13-6-2-4-8-15(13)28-12)22-23(26(33)30-25(22)32)21-14-7-3-5-9-16(14)29-24(21)18-10-17(31)19(11-27)34-18;1-2(3)4/h2-9,17-19,28-29,31H,10-11,27H2,1H3,(H,30,32,33);1H3,(H,3,4)/t17-,18-,19+;/m0./s1. The third kappa shape index (κ3) is 4.28. The molecule has 2 aromatic carbocycles. The molecule has 10 nitrogen and oxygen atoms in total. The van der Waals surface area contributed by atoms with Crippen LogP contribution in [0.15, 0.2) is 48.5 Å². The van der Waals surface area contributed by atoms with Crippen molar-refractivity contribution in [3.05, 3.63) is 71.0 Å². The van der Waals surface area contributed by atoms with Crippen LogP contribution in [0, 0.1) is 6.92 Å². The number of fused-ring (bicyclic) bond motifs is 2. The van der Waals surface area contributed by atoms with Crippen LogP contribution in [0.5, 0.6) is 0 Å². The summed E-state index contributed by atoms with van der Waals surface area (Å²) in [7, 11) is 0. The number of aliphatic hydroxyl groups excluding tert-OH is 1. The number of benzene rings is 2. The van der Waals surface area contributed by atoms with Crippen molar-refractivity contribution in [3.8, 4) is 0 Å². The van der Waals surface area contributed by atoms with Crippen molar-refractivity contribution < 1.29 is 29.3 Å². The minimum atomic E-state index is -0.833. The molecule has 0 saturated carbocycles. The topological polar surface area (TPSA) is 171 Å². The Labute approximate surface area is 217 Å². The van der Waals surface area contributed by atoms with Crippen LogP contribution in [-0.4, -0.2) is 56.7 Å². The van der Waals surface area contributed by atoms with Crippen LogP contribution in [0.3, 0.4) is 0 Å². The highest BCUT2D eigenvalue weighted by molar-refractivity contribution is 6.51. The number of aromatic nitrogens is 2. The summed E-state index contributed by atoms with van der Waals surface area (Å²) in [5.74, 6) is -1.72. The molecular formula is C28H28N4O6. The van der Waals surface area contributed by atoms with Crippen molar-refractivity contribution in [1.29, 1.82) is 0 Å². The van der Waals surface area contributed by atoms with Crippen LogP contribution in [0.2, 0.25) is 0 Å². The zero-order valence-corrected chi connectivity index (χ0v) is 20.9. The van der Waals surface area contributed by atoms with Gasteiger partial charge in [0.15, 0.2) is 0 Å². The lowest BCUT2D eigenvalue weighted by Crippen LogP contribution is -2.29. The number of hydrogen-bond acceptors (Lipinski definition) is 6. The van der Waals surface area contributed by atoms with E-state index in [2.05, 4.69) is 15.3 Å². The molecule has 1 fully saturated rings. The van der Waals surface area contributed by atoms with Crippen LogP contribution in [0.4, 0.5) is 0 Å². The summed E-state index contributed by atoms with van der Waals surface area (Å²) in [6, 6.07) is 15.3. The van der Waals surface area contributed by atoms with Gasteiger partial charge >= 0.3 is 0 Å². The number of ether oxygens (including phenoxy) is 1. The van der Waals surface area contributed by atoms with Crippen molar-refractivity contribution in [3.63, 3.8) is 0 Å². The lowest BCUT2D eigenvalue weighted by molar-refractivity contribution is -0.134. The van der Waals surface area contributed by atoms with Crippen LogP contribution in [0.1, 0.15) is 42.0 Å². The number of aryl methyl sites for hydroxylation is 1. The predicted molar refractivity (Wildman–Crippen MR) is 142 cm³/mol. The third-order valence-electron chi connectivity index (χ3n) is 6.84. The van der Waals surface area contributed by atoms with E-state index in [9.17, 15) is 14.7 Å². The normalized spacial score (nSPS) is 21.2. The zero-order valence-electron chi connectivity index (χ0n) is 20.9. The Morgan fingerprint density at radius 3 is 2.08 bits per heavy atom. The SMILES string of the molecule is CC(=O)O.Cc1[nH]c2ccccc2c1C1=C(c2c([C@@H]3C[C@H](O)[C@@H](CN)O3)[nH]c3ccccc23)C(=O)NC1=O. The summed E-state index contributed by atoms with van der Waals surface area (Å²) in [5.41, 5.74) is 10.9. The predicted octanol–water partition coefficient (Wildman–Crippen LogP) is 2.77. The Balaban J connectivity index is 0.000000689. The lowest BCUT2D eigenvalue weighted by atomic mass is 9.91. The number of nitrogens with two attached hydrogens (primary N) is 1. The average molecular weight is 517 g/mol. The summed E-state index contributed by atoms with van der Waals surface area (Å²) >= 11 is 0. The number of carboxylic acid groups (broad SMARTS) is 1. The maximum absolute atomic E-state index is 13.3. The van der Waals surface area contributed by atoms with Crippen LogP contribution in [0.25, 0.3) is 33.0 Å². The number of hydrogen-bond donors (Lipinski definition) is 6. The molecule has 0 spiro atoms. The van der Waals surface area contributed by atoms with Crippen LogP contribution in [-0.2, 0) is 19.1 Å². The molecule has 2 amide bonds. The second-order valence-corrected chi connectivity index (χ2v) is 9.38. The number of carbonyl (C=O) groups excluding carboxylic acids is 2. The van der Waals surface area contributed by atoms with Gasteiger partial charge in [-0.3, -0.25) is 19.7 Å². The van der Waals surface area contributed by atoms with Gasteiger partial charge in [0.2, 0.25) is 0 Å². The summed E-state index contributed by atoms with van der Waals surface area (Å²) in [4.78, 5) is 42.2. The van der Waals surface area contributed by atoms with Gasteiger partial charge in [-0.2, -0.15) is 0 Å². The molecule has 0 bridgehead atoms. The van der Waals surface area contributed by atoms with E-state index in [0.717, 1.165) is 34.4 Å². The fourth-order valence-corrected chi connectivity index (χ4v) is 5.33. The van der Waals surface area contributed by atoms with Gasteiger partial charge in [-0.25, -0.2) is 0 Å². The first-order valence-electron chi connectivity index (χ1n) is 12.2. The molecular weight excluding hydrogens is 488 g/mol. The average Bonchev–Trinajstić information content (AvgIpc) is 3.59. The van der Waals surface area contributed by atoms with E-state index in [4.69, 9.17) is 20.4 Å². The first kappa shape index (κ1) is 25.4. The van der Waals surface area contributed by atoms with Gasteiger partial charge < -0.3 is 30.7 Å². The summed E-state index contributed by atoms with van der Waals surface area (Å²) in [5, 5.41) is 22.0. The molecule has 1 saturated heterocycles. The number of aliphatic hydroxyl groups is 1. The first-order valence-corrected chi connectivity index (χ1v) is 12.2. The number of imide groups is 1. The van der Waals surface area contributed by atoms with E-state index in [1.165, 1.54) is 0 Å². The molecule has 0 radical (unpaired) electrons. The number of carbonyl (C=O) groups is 3. The maximum atomic E-state index is 13.3. The Bertz CT molecular complexity index is 1610. The molecule has 7 N–H and O–H groups in total. The van der Waals surface area contributed by atoms with Gasteiger partial charge in [0, 0.05) is 58.5 Å². The number of H-pyrrole nitrogens is 2. The number of carboxylic acids is 1. The molecule has 2 aliphatic rings. The van der Waals surface area contributed by atoms with Gasteiger partial charge in [-0.05, 0) is 19.1 Å². The van der Waals surface area contributed by atoms with E-state index < -0.39 is 36.1 Å². The second kappa shape index (κ2) is 9.90. The number of amides is 2. The van der Waals surface area contributed by atoms with Crippen molar-refractivity contribution >= 4 is 50.7 Å². The highest BCUT2D eigenvalue weighted by Crippen LogP contribution is 2.44. The monoisotopic (exact) mass is 516 g/mol. The van der Waals surface area contributed by atoms with Crippen LogP contribution >= 0.6 is 0 Å². The molecule has 4 heterocycles. The molecule has 6 rings (SSSR count). The Kier molecular flexibility index (Phi) is 6.62. The molecule has 4 aromatic rings. The molecule has 0 unspecified atom stereocenters. The largest absolute Gasteiger partial charge is 0.481 e. The minimum Gasteiger partial charge on any atom is -0.481 e. The van der Waals surface area contributed by atoms with Crippen molar-refractivity contribution in [2.75, 3.05) is 6.54 Å². The number of para-hydroxylation sites is 2. The second-order valence-electron chi connectivity index (χ2n) is 9.38. The smallest absolute Gasteiger partial charge is 0.300 e. The van der Waals surface area contributed by atoms with E-state index >= 15 is 0 Å². The Morgan fingerprint density at radius 1 is 0.974 bits per heavy atom. The van der Waals surface area contributed by atoms with E-state index in [0.29, 0.717) is 34.4 Å². The molecule has 0 aliphatic carbocycles. The van der Waals surface area contributed by atoms with Gasteiger partial charge in [-0.1, -0.05) is 36.4 Å². The first-order chi connectivity index (χ1) is 18.2. The molecule has 2 aromatic heterocycles. The Morgan fingerprint density at radius 2 is 1.50 bits per heavy atom. The molecule has 2 aliphatic heterocycles. The minimum absolute atomic E-state index is 0.189. The van der Waals surface area contributed by atoms with E-state index in [1.807, 2.05) is 55.5 Å². The van der Waals surface area contributed by atoms with Gasteiger partial charge in [0.1, 0.15) is 6.10 Å². The number of nitrogens with one attached hydrogen (secondary N) is 3. The summed E-state index contributed by atoms with van der Waals surface area (Å²) < 4.78 is 6.07. The molecule has 3 atom stereocenters. The number of rotatable bonds is 4. The van der Waals surface area contributed by atoms with Gasteiger partial charge in [-0.15, -0.1) is 0 Å². The summed E-state index contributed by atoms with van der Waals surface area (Å²) in [6.45, 7) is 3.17. The number of aromatic amines is 2. The van der Waals surface area contributed by atoms with E-state index in [1.54, 1.807) is 0 Å². The van der Waals surface area contributed by atoms with Crippen molar-refractivity contribution in [1.82, 2.24) is 15.3 Å². The van der Waals surface area contributed by atoms with Gasteiger partial charge in [0.25, 0.3) is 17.8 Å². The zero-order chi connectivity index (χ0) is 27.1. The quantitative estimate of drug-likeness (QED) is 0.226. The third-order valence-corrected chi connectivity index (χ3v) is 6.84. The Hall–Kier alpha value is -4.25. The number of aliphatic carboxylic acids is 1. The van der Waals surface area contributed by atoms with Gasteiger partial charge in [0.05, 0.1) is 29.0 Å². The molecule has 196 valence electrons. The molecule has 10 heteroatoms. The van der Waals surface area contributed by atoms with E-state index in [-0.39, 0.29) is 6.54 Å². The van der Waals surface area contributed by atoms with Crippen LogP contribution < -0.4 is 11.1 Å². The summed E-state index contributed by atoms with van der Waals surface area (Å²) in [6.07, 6.45) is -1.36. The fraction of sp³-hybridized carbons (Fsp3) is 0.250.